The number of carbonyl (C=O) groups excluding carboxylic acids is 1. The van der Waals surface area contributed by atoms with Crippen molar-refractivity contribution in [1.82, 2.24) is 0 Å². The standard InChI is InChI=1S/C15H9BrCl2O/c16-14(9-10-1-5-12(17)6-2-10)15(19)11-3-7-13(18)8-4-11/h1-9H/b14-9-. The van der Waals surface area contributed by atoms with Crippen molar-refractivity contribution in [2.75, 3.05) is 0 Å². The highest BCUT2D eigenvalue weighted by atomic mass is 79.9. The molecule has 4 heteroatoms. The SMILES string of the molecule is O=C(/C(Br)=C/c1ccc(Cl)cc1)c1ccc(Cl)cc1. The zero-order chi connectivity index (χ0) is 13.8. The summed E-state index contributed by atoms with van der Waals surface area (Å²) in [4.78, 5) is 12.1. The minimum Gasteiger partial charge on any atom is -0.288 e. The fourth-order valence-corrected chi connectivity index (χ4v) is 2.26. The summed E-state index contributed by atoms with van der Waals surface area (Å²) in [6.45, 7) is 0. The first-order valence-electron chi connectivity index (χ1n) is 5.49. The van der Waals surface area contributed by atoms with Crippen molar-refractivity contribution in [1.29, 1.82) is 0 Å². The summed E-state index contributed by atoms with van der Waals surface area (Å²) in [6, 6.07) is 14.0. The van der Waals surface area contributed by atoms with E-state index in [2.05, 4.69) is 15.9 Å². The van der Waals surface area contributed by atoms with E-state index in [9.17, 15) is 4.79 Å². The van der Waals surface area contributed by atoms with Crippen LogP contribution in [0.5, 0.6) is 0 Å². The Morgan fingerprint density at radius 3 is 1.89 bits per heavy atom. The average molecular weight is 356 g/mol. The van der Waals surface area contributed by atoms with E-state index in [0.29, 0.717) is 20.1 Å². The summed E-state index contributed by atoms with van der Waals surface area (Å²) in [7, 11) is 0. The number of hydrogen-bond acceptors (Lipinski definition) is 1. The molecule has 0 saturated heterocycles. The molecule has 0 aromatic heterocycles. The molecule has 0 spiro atoms. The van der Waals surface area contributed by atoms with Crippen molar-refractivity contribution in [3.63, 3.8) is 0 Å². The molecule has 2 aromatic rings. The molecule has 0 unspecified atom stereocenters. The highest BCUT2D eigenvalue weighted by Gasteiger charge is 2.09. The molecule has 0 bridgehead atoms. The maximum Gasteiger partial charge on any atom is 0.199 e. The number of ketones is 1. The molecule has 19 heavy (non-hydrogen) atoms. The predicted octanol–water partition coefficient (Wildman–Crippen LogP) is 5.61. The minimum absolute atomic E-state index is 0.0911. The Morgan fingerprint density at radius 2 is 1.37 bits per heavy atom. The average Bonchev–Trinajstić information content (AvgIpc) is 2.41. The third-order valence-electron chi connectivity index (χ3n) is 2.49. The highest BCUT2D eigenvalue weighted by molar-refractivity contribution is 9.12. The Kier molecular flexibility index (Phi) is 4.81. The van der Waals surface area contributed by atoms with Gasteiger partial charge in [0.05, 0.1) is 4.48 Å². The lowest BCUT2D eigenvalue weighted by atomic mass is 10.1. The van der Waals surface area contributed by atoms with Crippen LogP contribution >= 0.6 is 39.1 Å². The zero-order valence-electron chi connectivity index (χ0n) is 9.74. The quantitative estimate of drug-likeness (QED) is 0.516. The first kappa shape index (κ1) is 14.3. The summed E-state index contributed by atoms with van der Waals surface area (Å²) >= 11 is 14.9. The molecule has 0 radical (unpaired) electrons. The van der Waals surface area contributed by atoms with Gasteiger partial charge in [0.1, 0.15) is 0 Å². The molecule has 1 nitrogen and oxygen atoms in total. The van der Waals surface area contributed by atoms with E-state index in [1.807, 2.05) is 12.1 Å². The van der Waals surface area contributed by atoms with Crippen LogP contribution in [-0.2, 0) is 0 Å². The Bertz CT molecular complexity index is 616. The number of allylic oxidation sites excluding steroid dienone is 1. The van der Waals surface area contributed by atoms with Crippen LogP contribution in [0.3, 0.4) is 0 Å². The molecule has 0 N–H and O–H groups in total. The fraction of sp³-hybridized carbons (Fsp3) is 0. The van der Waals surface area contributed by atoms with E-state index in [1.54, 1.807) is 42.5 Å². The number of benzene rings is 2. The third kappa shape index (κ3) is 3.93. The van der Waals surface area contributed by atoms with E-state index in [4.69, 9.17) is 23.2 Å². The summed E-state index contributed by atoms with van der Waals surface area (Å²) in [5.74, 6) is -0.0911. The maximum atomic E-state index is 12.1. The third-order valence-corrected chi connectivity index (χ3v) is 3.58. The molecule has 0 aliphatic rings. The first-order valence-corrected chi connectivity index (χ1v) is 7.04. The molecule has 0 saturated carbocycles. The van der Waals surface area contributed by atoms with Crippen LogP contribution in [0.2, 0.25) is 10.0 Å². The molecule has 96 valence electrons. The maximum absolute atomic E-state index is 12.1. The largest absolute Gasteiger partial charge is 0.288 e. The van der Waals surface area contributed by atoms with E-state index in [-0.39, 0.29) is 5.78 Å². The van der Waals surface area contributed by atoms with Gasteiger partial charge in [-0.05, 0) is 64.0 Å². The molecular weight excluding hydrogens is 347 g/mol. The highest BCUT2D eigenvalue weighted by Crippen LogP contribution is 2.20. The van der Waals surface area contributed by atoms with Crippen molar-refractivity contribution in [2.24, 2.45) is 0 Å². The van der Waals surface area contributed by atoms with Gasteiger partial charge in [-0.1, -0.05) is 35.3 Å². The van der Waals surface area contributed by atoms with Crippen LogP contribution in [0.15, 0.2) is 53.0 Å². The van der Waals surface area contributed by atoms with Crippen LogP contribution < -0.4 is 0 Å². The van der Waals surface area contributed by atoms with E-state index < -0.39 is 0 Å². The van der Waals surface area contributed by atoms with Gasteiger partial charge < -0.3 is 0 Å². The second-order valence-corrected chi connectivity index (χ2v) is 5.61. The van der Waals surface area contributed by atoms with Gasteiger partial charge in [-0.25, -0.2) is 0 Å². The Morgan fingerprint density at radius 1 is 0.895 bits per heavy atom. The molecule has 0 atom stereocenters. The van der Waals surface area contributed by atoms with E-state index >= 15 is 0 Å². The summed E-state index contributed by atoms with van der Waals surface area (Å²) < 4.78 is 0.483. The lowest BCUT2D eigenvalue weighted by molar-refractivity contribution is 0.104. The Hall–Kier alpha value is -1.09. The molecule has 2 aromatic carbocycles. The second kappa shape index (κ2) is 6.38. The lowest BCUT2D eigenvalue weighted by Gasteiger charge is -2.01. The van der Waals surface area contributed by atoms with Gasteiger partial charge >= 0.3 is 0 Å². The zero-order valence-corrected chi connectivity index (χ0v) is 12.8. The van der Waals surface area contributed by atoms with E-state index in [1.165, 1.54) is 0 Å². The number of halogens is 3. The van der Waals surface area contributed by atoms with Crippen LogP contribution in [0, 0.1) is 0 Å². The fourth-order valence-electron chi connectivity index (χ4n) is 1.51. The molecule has 0 aliphatic heterocycles. The summed E-state index contributed by atoms with van der Waals surface area (Å²) in [5, 5.41) is 1.27. The molecule has 0 aliphatic carbocycles. The molecule has 2 rings (SSSR count). The van der Waals surface area contributed by atoms with Crippen LogP contribution in [0.25, 0.3) is 6.08 Å². The van der Waals surface area contributed by atoms with Gasteiger partial charge in [0, 0.05) is 15.6 Å². The van der Waals surface area contributed by atoms with Crippen LogP contribution in [0.1, 0.15) is 15.9 Å². The number of Topliss-reactive ketones (excluding diaryl/α,β-unsaturated/α-hetero) is 1. The minimum atomic E-state index is -0.0911. The molecular formula is C15H9BrCl2O. The van der Waals surface area contributed by atoms with Gasteiger partial charge in [-0.2, -0.15) is 0 Å². The first-order chi connectivity index (χ1) is 9.06. The normalized spacial score (nSPS) is 11.4. The van der Waals surface area contributed by atoms with Crippen LogP contribution in [0.4, 0.5) is 0 Å². The Labute approximate surface area is 130 Å². The lowest BCUT2D eigenvalue weighted by Crippen LogP contribution is -1.97. The predicted molar refractivity (Wildman–Crippen MR) is 84.1 cm³/mol. The second-order valence-electron chi connectivity index (χ2n) is 3.88. The van der Waals surface area contributed by atoms with Gasteiger partial charge in [-0.15, -0.1) is 0 Å². The molecule has 0 amide bonds. The van der Waals surface area contributed by atoms with Crippen molar-refractivity contribution >= 4 is 51.0 Å². The van der Waals surface area contributed by atoms with Gasteiger partial charge in [0.15, 0.2) is 5.78 Å². The molecule has 0 heterocycles. The van der Waals surface area contributed by atoms with Crippen LogP contribution in [-0.4, -0.2) is 5.78 Å². The summed E-state index contributed by atoms with van der Waals surface area (Å²) in [6.07, 6.45) is 1.76. The van der Waals surface area contributed by atoms with Crippen molar-refractivity contribution in [3.8, 4) is 0 Å². The van der Waals surface area contributed by atoms with Crippen molar-refractivity contribution < 1.29 is 4.79 Å². The van der Waals surface area contributed by atoms with E-state index in [0.717, 1.165) is 5.56 Å². The van der Waals surface area contributed by atoms with Gasteiger partial charge in [-0.3, -0.25) is 4.79 Å². The van der Waals surface area contributed by atoms with Crippen molar-refractivity contribution in [3.05, 3.63) is 74.2 Å². The Balaban J connectivity index is 2.23. The number of carbonyl (C=O) groups is 1. The monoisotopic (exact) mass is 354 g/mol. The number of hydrogen-bond donors (Lipinski definition) is 0. The number of rotatable bonds is 3. The van der Waals surface area contributed by atoms with Gasteiger partial charge in [0.2, 0.25) is 0 Å². The van der Waals surface area contributed by atoms with Gasteiger partial charge in [0.25, 0.3) is 0 Å². The molecule has 0 fully saturated rings. The smallest absolute Gasteiger partial charge is 0.199 e. The summed E-state index contributed by atoms with van der Waals surface area (Å²) in [5.41, 5.74) is 1.49. The van der Waals surface area contributed by atoms with Crippen molar-refractivity contribution in [2.45, 2.75) is 0 Å². The topological polar surface area (TPSA) is 17.1 Å².